The summed E-state index contributed by atoms with van der Waals surface area (Å²) in [6, 6.07) is 5.02. The van der Waals surface area contributed by atoms with Gasteiger partial charge < -0.3 is 10.6 Å². The van der Waals surface area contributed by atoms with Crippen LogP contribution in [0.1, 0.15) is 24.8 Å². The number of ketones is 1. The minimum Gasteiger partial charge on any atom is -0.378 e. The lowest BCUT2D eigenvalue weighted by Crippen LogP contribution is -2.41. The van der Waals surface area contributed by atoms with Crippen LogP contribution in [0.4, 0.5) is 11.4 Å². The smallest absolute Gasteiger partial charge is 0.292 e. The predicted molar refractivity (Wildman–Crippen MR) is 84.0 cm³/mol. The second-order valence-corrected chi connectivity index (χ2v) is 6.48. The van der Waals surface area contributed by atoms with Gasteiger partial charge in [0, 0.05) is 25.1 Å². The maximum absolute atomic E-state index is 12.6. The van der Waals surface area contributed by atoms with Crippen LogP contribution in [0.25, 0.3) is 0 Å². The SMILES string of the molecule is Cc1ccc([N+](=O)[O-])c(NC[C@]2(C(=O)C3CC3)CCNC2)c1. The van der Waals surface area contributed by atoms with Gasteiger partial charge in [-0.2, -0.15) is 0 Å². The molecule has 1 atom stereocenters. The van der Waals surface area contributed by atoms with Crippen molar-refractivity contribution in [3.8, 4) is 0 Å². The summed E-state index contributed by atoms with van der Waals surface area (Å²) in [7, 11) is 0. The van der Waals surface area contributed by atoms with Gasteiger partial charge in [0.15, 0.2) is 0 Å². The third-order valence-corrected chi connectivity index (χ3v) is 4.68. The van der Waals surface area contributed by atoms with E-state index < -0.39 is 5.41 Å². The van der Waals surface area contributed by atoms with Crippen molar-refractivity contribution in [1.29, 1.82) is 0 Å². The summed E-state index contributed by atoms with van der Waals surface area (Å²) in [4.78, 5) is 23.4. The van der Waals surface area contributed by atoms with Crippen LogP contribution in [0.3, 0.4) is 0 Å². The summed E-state index contributed by atoms with van der Waals surface area (Å²) < 4.78 is 0. The molecule has 0 amide bonds. The van der Waals surface area contributed by atoms with E-state index in [0.29, 0.717) is 24.6 Å². The lowest BCUT2D eigenvalue weighted by molar-refractivity contribution is -0.384. The second-order valence-electron chi connectivity index (χ2n) is 6.48. The van der Waals surface area contributed by atoms with E-state index in [4.69, 9.17) is 0 Å². The van der Waals surface area contributed by atoms with E-state index in [1.54, 1.807) is 12.1 Å². The Morgan fingerprint density at radius 3 is 2.86 bits per heavy atom. The van der Waals surface area contributed by atoms with Crippen LogP contribution in [-0.2, 0) is 4.79 Å². The monoisotopic (exact) mass is 303 g/mol. The molecule has 0 spiro atoms. The highest BCUT2D eigenvalue weighted by molar-refractivity contribution is 5.90. The normalized spacial score (nSPS) is 24.2. The van der Waals surface area contributed by atoms with Crippen molar-refractivity contribution in [3.05, 3.63) is 33.9 Å². The highest BCUT2D eigenvalue weighted by Crippen LogP contribution is 2.40. The number of hydrogen-bond donors (Lipinski definition) is 2. The quantitative estimate of drug-likeness (QED) is 0.622. The van der Waals surface area contributed by atoms with Crippen molar-refractivity contribution < 1.29 is 9.72 Å². The Hall–Kier alpha value is -1.95. The van der Waals surface area contributed by atoms with Gasteiger partial charge in [0.2, 0.25) is 0 Å². The van der Waals surface area contributed by atoms with Gasteiger partial charge in [0.1, 0.15) is 11.5 Å². The summed E-state index contributed by atoms with van der Waals surface area (Å²) in [5.74, 6) is 0.523. The minimum atomic E-state index is -0.418. The zero-order chi connectivity index (χ0) is 15.7. The molecular weight excluding hydrogens is 282 g/mol. The molecular formula is C16H21N3O3. The van der Waals surface area contributed by atoms with E-state index in [1.165, 1.54) is 6.07 Å². The fourth-order valence-electron chi connectivity index (χ4n) is 3.19. The van der Waals surface area contributed by atoms with E-state index >= 15 is 0 Å². The van der Waals surface area contributed by atoms with Gasteiger partial charge >= 0.3 is 0 Å². The van der Waals surface area contributed by atoms with Crippen molar-refractivity contribution >= 4 is 17.2 Å². The molecule has 2 fully saturated rings. The molecule has 1 aliphatic carbocycles. The number of benzene rings is 1. The van der Waals surface area contributed by atoms with E-state index in [2.05, 4.69) is 10.6 Å². The topological polar surface area (TPSA) is 84.3 Å². The van der Waals surface area contributed by atoms with Crippen LogP contribution in [0.2, 0.25) is 0 Å². The molecule has 1 aromatic carbocycles. The van der Waals surface area contributed by atoms with Gasteiger partial charge in [-0.25, -0.2) is 0 Å². The van der Waals surface area contributed by atoms with Crippen LogP contribution < -0.4 is 10.6 Å². The molecule has 2 N–H and O–H groups in total. The molecule has 1 heterocycles. The lowest BCUT2D eigenvalue weighted by atomic mass is 9.80. The van der Waals surface area contributed by atoms with Gasteiger partial charge in [0.25, 0.3) is 5.69 Å². The summed E-state index contributed by atoms with van der Waals surface area (Å²) >= 11 is 0. The van der Waals surface area contributed by atoms with Crippen molar-refractivity contribution in [2.45, 2.75) is 26.2 Å². The Morgan fingerprint density at radius 1 is 1.50 bits per heavy atom. The molecule has 1 aliphatic heterocycles. The van der Waals surface area contributed by atoms with E-state index in [1.807, 2.05) is 6.92 Å². The molecule has 2 aliphatic rings. The van der Waals surface area contributed by atoms with Crippen molar-refractivity contribution in [2.75, 3.05) is 25.0 Å². The number of rotatable bonds is 6. The number of nitrogens with one attached hydrogen (secondary N) is 2. The van der Waals surface area contributed by atoms with E-state index in [0.717, 1.165) is 31.4 Å². The number of hydrogen-bond acceptors (Lipinski definition) is 5. The fourth-order valence-corrected chi connectivity index (χ4v) is 3.19. The summed E-state index contributed by atoms with van der Waals surface area (Å²) in [6.07, 6.45) is 2.78. The highest BCUT2D eigenvalue weighted by atomic mass is 16.6. The highest BCUT2D eigenvalue weighted by Gasteiger charge is 2.47. The molecule has 22 heavy (non-hydrogen) atoms. The Balaban J connectivity index is 1.79. The largest absolute Gasteiger partial charge is 0.378 e. The third-order valence-electron chi connectivity index (χ3n) is 4.68. The van der Waals surface area contributed by atoms with Crippen LogP contribution in [-0.4, -0.2) is 30.3 Å². The van der Waals surface area contributed by atoms with Crippen LogP contribution in [0, 0.1) is 28.4 Å². The number of aryl methyl sites for hydroxylation is 1. The molecule has 1 saturated carbocycles. The lowest BCUT2D eigenvalue weighted by Gasteiger charge is -2.27. The van der Waals surface area contributed by atoms with Crippen molar-refractivity contribution in [3.63, 3.8) is 0 Å². The first-order valence-electron chi connectivity index (χ1n) is 7.76. The Morgan fingerprint density at radius 2 is 2.27 bits per heavy atom. The maximum atomic E-state index is 12.6. The standard InChI is InChI=1S/C16H21N3O3/c1-11-2-5-14(19(21)22)13(8-11)18-10-16(6-7-17-9-16)15(20)12-3-4-12/h2,5,8,12,17-18H,3-4,6-7,9-10H2,1H3/t16-/m0/s1. The van der Waals surface area contributed by atoms with Gasteiger partial charge in [-0.05, 0) is 44.4 Å². The van der Waals surface area contributed by atoms with Gasteiger partial charge in [0.05, 0.1) is 10.3 Å². The number of nitro benzene ring substituents is 1. The molecule has 3 rings (SSSR count). The molecule has 0 bridgehead atoms. The average Bonchev–Trinajstić information content (AvgIpc) is 3.22. The predicted octanol–water partition coefficient (Wildman–Crippen LogP) is 2.27. The van der Waals surface area contributed by atoms with Gasteiger partial charge in [-0.3, -0.25) is 14.9 Å². The van der Waals surface area contributed by atoms with E-state index in [-0.39, 0.29) is 16.5 Å². The molecule has 0 aromatic heterocycles. The van der Waals surface area contributed by atoms with Crippen LogP contribution in [0.15, 0.2) is 18.2 Å². The van der Waals surface area contributed by atoms with Gasteiger partial charge in [-0.15, -0.1) is 0 Å². The zero-order valence-corrected chi connectivity index (χ0v) is 12.7. The van der Waals surface area contributed by atoms with Crippen LogP contribution in [0.5, 0.6) is 0 Å². The number of Topliss-reactive ketones (excluding diaryl/α,β-unsaturated/α-hetero) is 1. The number of carbonyl (C=O) groups is 1. The molecule has 1 saturated heterocycles. The van der Waals surface area contributed by atoms with E-state index in [9.17, 15) is 14.9 Å². The van der Waals surface area contributed by atoms with Crippen LogP contribution >= 0.6 is 0 Å². The number of nitrogens with zero attached hydrogens (tertiary/aromatic N) is 1. The van der Waals surface area contributed by atoms with Gasteiger partial charge in [-0.1, -0.05) is 6.07 Å². The van der Waals surface area contributed by atoms with Crippen molar-refractivity contribution in [1.82, 2.24) is 5.32 Å². The fraction of sp³-hybridized carbons (Fsp3) is 0.562. The summed E-state index contributed by atoms with van der Waals surface area (Å²) in [6.45, 7) is 3.85. The minimum absolute atomic E-state index is 0.0607. The Labute approximate surface area is 129 Å². The molecule has 118 valence electrons. The second kappa shape index (κ2) is 5.68. The van der Waals surface area contributed by atoms with Crippen molar-refractivity contribution in [2.24, 2.45) is 11.3 Å². The maximum Gasteiger partial charge on any atom is 0.292 e. The first-order chi connectivity index (χ1) is 10.5. The molecule has 6 nitrogen and oxygen atoms in total. The zero-order valence-electron chi connectivity index (χ0n) is 12.7. The first kappa shape index (κ1) is 15.0. The number of carbonyl (C=O) groups excluding carboxylic acids is 1. The Kier molecular flexibility index (Phi) is 3.87. The molecule has 0 unspecified atom stereocenters. The Bertz CT molecular complexity index is 605. The summed E-state index contributed by atoms with van der Waals surface area (Å²) in [5, 5.41) is 17.6. The number of anilines is 1. The number of nitro groups is 1. The molecule has 1 aromatic rings. The third kappa shape index (κ3) is 2.83. The summed E-state index contributed by atoms with van der Waals surface area (Å²) in [5.41, 5.74) is 1.10. The first-order valence-corrected chi connectivity index (χ1v) is 7.76. The average molecular weight is 303 g/mol. The molecule has 6 heteroatoms. The molecule has 0 radical (unpaired) electrons.